The zero-order valence-electron chi connectivity index (χ0n) is 33.2. The van der Waals surface area contributed by atoms with Crippen molar-refractivity contribution in [2.24, 2.45) is 71.0 Å². The van der Waals surface area contributed by atoms with Gasteiger partial charge in [-0.15, -0.1) is 0 Å². The van der Waals surface area contributed by atoms with Gasteiger partial charge in [0, 0.05) is 75.5 Å². The van der Waals surface area contributed by atoms with Gasteiger partial charge >= 0.3 is 12.1 Å². The van der Waals surface area contributed by atoms with Crippen molar-refractivity contribution in [2.45, 2.75) is 101 Å². The van der Waals surface area contributed by atoms with Crippen LogP contribution in [0.1, 0.15) is 59.3 Å². The SMILES string of the molecule is COC(=O)C1C2CC1N(C(=O)C1C3CC1N(C(=O)C1C4CC1N(C(=O)C1C5CC1N(C(=O)C1C6CC1N(C(=O)C1C7CC1N(C(=O)OC(C)(C)C)C7)C6)C5)C4)C3)C2. The van der Waals surface area contributed by atoms with Crippen molar-refractivity contribution in [1.29, 1.82) is 0 Å². The first kappa shape index (κ1) is 35.1. The van der Waals surface area contributed by atoms with E-state index in [1.165, 1.54) is 7.11 Å². The lowest BCUT2D eigenvalue weighted by Crippen LogP contribution is -2.57. The Bertz CT molecular complexity index is 1920. The highest BCUT2D eigenvalue weighted by atomic mass is 16.6. The number of nitrogens with zero attached hydrogens (tertiary/aromatic N) is 6. The molecule has 12 bridgehead atoms. The molecule has 18 unspecified atom stereocenters. The van der Waals surface area contributed by atoms with Gasteiger partial charge in [0.25, 0.3) is 0 Å². The van der Waals surface area contributed by atoms with E-state index in [0.717, 1.165) is 38.5 Å². The third-order valence-electron chi connectivity index (χ3n) is 17.7. The van der Waals surface area contributed by atoms with Crippen LogP contribution < -0.4 is 0 Å². The summed E-state index contributed by atoms with van der Waals surface area (Å²) in [5.74, 6) is -0.242. The summed E-state index contributed by atoms with van der Waals surface area (Å²) in [4.78, 5) is 107. The summed E-state index contributed by atoms with van der Waals surface area (Å²) in [7, 11) is 1.40. The number of ether oxygens (including phenoxy) is 2. The topological polar surface area (TPSA) is 157 Å². The minimum absolute atomic E-state index is 0.0750. The number of carbonyl (C=O) groups is 7. The van der Waals surface area contributed by atoms with Crippen molar-refractivity contribution < 1.29 is 43.0 Å². The van der Waals surface area contributed by atoms with Crippen molar-refractivity contribution >= 4 is 41.6 Å². The van der Waals surface area contributed by atoms with Crippen molar-refractivity contribution in [2.75, 3.05) is 46.4 Å². The minimum atomic E-state index is -0.597. The Morgan fingerprint density at radius 1 is 0.404 bits per heavy atom. The highest BCUT2D eigenvalue weighted by molar-refractivity contribution is 5.92. The highest BCUT2D eigenvalue weighted by Crippen LogP contribution is 2.58. The van der Waals surface area contributed by atoms with Crippen molar-refractivity contribution in [3.63, 3.8) is 0 Å². The zero-order chi connectivity index (χ0) is 39.3. The molecule has 306 valence electrons. The Kier molecular flexibility index (Phi) is 7.03. The van der Waals surface area contributed by atoms with Crippen LogP contribution in [0.15, 0.2) is 0 Å². The van der Waals surface area contributed by atoms with Gasteiger partial charge < -0.3 is 38.9 Å². The van der Waals surface area contributed by atoms with Gasteiger partial charge in [-0.25, -0.2) is 4.79 Å². The number of esters is 1. The molecule has 18 aliphatic rings. The molecular formula is C42H54N6O9. The van der Waals surface area contributed by atoms with Crippen LogP contribution in [0, 0.1) is 71.0 Å². The zero-order valence-corrected chi connectivity index (χ0v) is 33.2. The highest BCUT2D eigenvalue weighted by Gasteiger charge is 2.69. The Hall–Kier alpha value is -3.91. The monoisotopic (exact) mass is 786 g/mol. The maximum atomic E-state index is 14.2. The molecule has 15 heteroatoms. The lowest BCUT2D eigenvalue weighted by molar-refractivity contribution is -0.153. The summed E-state index contributed by atoms with van der Waals surface area (Å²) in [6, 6.07) is -0.663. The summed E-state index contributed by atoms with van der Waals surface area (Å²) in [6.07, 6.45) is 4.64. The normalized spacial score (nSPS) is 46.7. The second-order valence-corrected chi connectivity index (χ2v) is 21.1. The molecule has 12 heterocycles. The van der Waals surface area contributed by atoms with Gasteiger partial charge in [-0.3, -0.25) is 28.8 Å². The molecule has 18 fully saturated rings. The first-order valence-corrected chi connectivity index (χ1v) is 21.8. The summed E-state index contributed by atoms with van der Waals surface area (Å²) in [6.45, 7) is 9.02. The molecule has 15 nitrogen and oxygen atoms in total. The van der Waals surface area contributed by atoms with E-state index in [2.05, 4.69) is 0 Å². The number of amides is 6. The predicted octanol–water partition coefficient (Wildman–Crippen LogP) is 0.649. The van der Waals surface area contributed by atoms with Gasteiger partial charge in [0.1, 0.15) is 5.60 Å². The molecule has 6 aliphatic carbocycles. The summed E-state index contributed by atoms with van der Waals surface area (Å²) in [5, 5.41) is 0. The number of methoxy groups -OCH3 is 1. The average Bonchev–Trinajstić information content (AvgIpc) is 3.98. The minimum Gasteiger partial charge on any atom is -0.469 e. The van der Waals surface area contributed by atoms with Crippen molar-refractivity contribution in [1.82, 2.24) is 29.4 Å². The van der Waals surface area contributed by atoms with E-state index in [9.17, 15) is 33.6 Å². The summed E-state index contributed by atoms with van der Waals surface area (Å²) < 4.78 is 10.6. The molecule has 0 aromatic carbocycles. The fourth-order valence-corrected chi connectivity index (χ4v) is 14.8. The molecule has 0 spiro atoms. The smallest absolute Gasteiger partial charge is 0.410 e. The molecule has 0 radical (unpaired) electrons. The van der Waals surface area contributed by atoms with Crippen LogP contribution in [0.25, 0.3) is 0 Å². The fraction of sp³-hybridized carbons (Fsp3) is 0.833. The molecule has 6 amide bonds. The molecule has 18 rings (SSSR count). The van der Waals surface area contributed by atoms with Crippen LogP contribution >= 0.6 is 0 Å². The summed E-state index contributed by atoms with van der Waals surface area (Å²) in [5.41, 5.74) is -0.597. The largest absolute Gasteiger partial charge is 0.469 e. The van der Waals surface area contributed by atoms with Crippen LogP contribution in [-0.4, -0.2) is 159 Å². The van der Waals surface area contributed by atoms with E-state index >= 15 is 0 Å². The van der Waals surface area contributed by atoms with Gasteiger partial charge in [-0.1, -0.05) is 0 Å². The molecule has 0 aromatic heterocycles. The van der Waals surface area contributed by atoms with Gasteiger partial charge in [0.2, 0.25) is 29.5 Å². The molecule has 12 aliphatic heterocycles. The first-order chi connectivity index (χ1) is 27.2. The van der Waals surface area contributed by atoms with Gasteiger partial charge in [0.15, 0.2) is 0 Å². The summed E-state index contributed by atoms with van der Waals surface area (Å²) >= 11 is 0. The number of carbonyl (C=O) groups excluding carboxylic acids is 7. The second-order valence-electron chi connectivity index (χ2n) is 21.1. The van der Waals surface area contributed by atoms with Crippen molar-refractivity contribution in [3.05, 3.63) is 0 Å². The molecule has 0 N–H and O–H groups in total. The molecule has 0 aromatic rings. The Balaban J connectivity index is 0.655. The third kappa shape index (κ3) is 4.46. The van der Waals surface area contributed by atoms with Gasteiger partial charge in [-0.2, -0.15) is 0 Å². The van der Waals surface area contributed by atoms with Crippen LogP contribution in [0.2, 0.25) is 0 Å². The molecule has 6 saturated carbocycles. The maximum absolute atomic E-state index is 14.2. The number of fused-ring (bicyclic) bond motifs is 6. The Morgan fingerprint density at radius 2 is 0.649 bits per heavy atom. The standard InChI is InChI=1S/C42H54N6O9/c1-42(2,3)57-41(55)48-16-21-9-27(48)33(21)39(53)46-14-19-7-25(46)31(19)37(51)44-12-17-5-23(44)29(17)35(49)43-11-18-6-24(43)30(18)36(50)45-13-20-8-26(45)32(20)38(52)47-15-22-10-28(47)34(22)40(54)56-4/h17-34H,5-16H2,1-4H3. The van der Waals surface area contributed by atoms with E-state index in [1.54, 1.807) is 4.90 Å². The lowest BCUT2D eigenvalue weighted by Gasteiger charge is -2.44. The average molecular weight is 787 g/mol. The van der Waals surface area contributed by atoms with E-state index in [-0.39, 0.29) is 149 Å². The number of hydrogen-bond donors (Lipinski definition) is 0. The van der Waals surface area contributed by atoms with Crippen LogP contribution in [0.4, 0.5) is 4.79 Å². The fourth-order valence-electron chi connectivity index (χ4n) is 14.8. The van der Waals surface area contributed by atoms with Crippen molar-refractivity contribution in [3.8, 4) is 0 Å². The van der Waals surface area contributed by atoms with Gasteiger partial charge in [-0.05, 0) is 94.8 Å². The van der Waals surface area contributed by atoms with E-state index < -0.39 is 5.60 Å². The van der Waals surface area contributed by atoms with E-state index in [1.807, 2.05) is 45.3 Å². The number of rotatable bonds is 6. The molecule has 18 atom stereocenters. The third-order valence-corrected chi connectivity index (χ3v) is 17.7. The number of hydrogen-bond acceptors (Lipinski definition) is 9. The van der Waals surface area contributed by atoms with Crippen LogP contribution in [0.3, 0.4) is 0 Å². The quantitative estimate of drug-likeness (QED) is 0.353. The Labute approximate surface area is 332 Å². The Morgan fingerprint density at radius 3 is 0.930 bits per heavy atom. The van der Waals surface area contributed by atoms with Crippen LogP contribution in [-0.2, 0) is 38.2 Å². The maximum Gasteiger partial charge on any atom is 0.410 e. The predicted molar refractivity (Wildman–Crippen MR) is 196 cm³/mol. The first-order valence-electron chi connectivity index (χ1n) is 21.8. The lowest BCUT2D eigenvalue weighted by atomic mass is 9.70. The van der Waals surface area contributed by atoms with E-state index in [4.69, 9.17) is 9.47 Å². The van der Waals surface area contributed by atoms with Gasteiger partial charge in [0.05, 0.1) is 42.6 Å². The molecule has 12 saturated heterocycles. The van der Waals surface area contributed by atoms with Crippen LogP contribution in [0.5, 0.6) is 0 Å². The second kappa shape index (κ2) is 11.4. The van der Waals surface area contributed by atoms with E-state index in [0.29, 0.717) is 39.3 Å². The molecular weight excluding hydrogens is 732 g/mol. The molecule has 57 heavy (non-hydrogen) atoms.